The van der Waals surface area contributed by atoms with Crippen molar-refractivity contribution < 1.29 is 4.74 Å². The first kappa shape index (κ1) is 15.8. The van der Waals surface area contributed by atoms with Crippen LogP contribution in [0.3, 0.4) is 0 Å². The van der Waals surface area contributed by atoms with Gasteiger partial charge in [0.05, 0.1) is 19.8 Å². The number of aliphatic imine (C=N–C) groups is 1. The molecule has 0 aliphatic carbocycles. The van der Waals surface area contributed by atoms with Gasteiger partial charge in [0, 0.05) is 18.5 Å². The van der Waals surface area contributed by atoms with Crippen LogP contribution in [0.15, 0.2) is 29.3 Å². The Bertz CT molecular complexity index is 473. The fourth-order valence-corrected chi connectivity index (χ4v) is 2.45. The summed E-state index contributed by atoms with van der Waals surface area (Å²) in [7, 11) is 0. The van der Waals surface area contributed by atoms with Gasteiger partial charge in [-0.3, -0.25) is 4.99 Å². The first-order valence-corrected chi connectivity index (χ1v) is 7.75. The first-order chi connectivity index (χ1) is 10.0. The molecule has 1 heterocycles. The third-order valence-electron chi connectivity index (χ3n) is 4.12. The van der Waals surface area contributed by atoms with Crippen molar-refractivity contribution >= 4 is 5.96 Å². The molecule has 4 nitrogen and oxygen atoms in total. The highest BCUT2D eigenvalue weighted by molar-refractivity contribution is 5.78. The van der Waals surface area contributed by atoms with Crippen LogP contribution in [0, 0.1) is 0 Å². The maximum absolute atomic E-state index is 6.10. The van der Waals surface area contributed by atoms with E-state index in [1.165, 1.54) is 11.1 Å². The van der Waals surface area contributed by atoms with E-state index in [2.05, 4.69) is 54.9 Å². The summed E-state index contributed by atoms with van der Waals surface area (Å²) in [4.78, 5) is 6.70. The molecule has 1 saturated heterocycles. The predicted molar refractivity (Wildman–Crippen MR) is 87.7 cm³/mol. The van der Waals surface area contributed by atoms with Gasteiger partial charge in [-0.05, 0) is 17.5 Å². The summed E-state index contributed by atoms with van der Waals surface area (Å²) in [6, 6.07) is 8.82. The molecular formula is C17H27N3O. The van der Waals surface area contributed by atoms with Crippen LogP contribution in [0.1, 0.15) is 31.9 Å². The zero-order chi connectivity index (χ0) is 15.3. The second-order valence-corrected chi connectivity index (χ2v) is 6.21. The number of ether oxygens (including phenoxy) is 1. The molecule has 2 rings (SSSR count). The Morgan fingerprint density at radius 3 is 2.43 bits per heavy atom. The highest BCUT2D eigenvalue weighted by Gasteiger charge is 2.21. The topological polar surface area (TPSA) is 50.8 Å². The van der Waals surface area contributed by atoms with Gasteiger partial charge < -0.3 is 15.4 Å². The second kappa shape index (κ2) is 6.94. The first-order valence-electron chi connectivity index (χ1n) is 7.75. The fraction of sp³-hybridized carbons (Fsp3) is 0.588. The molecule has 1 aromatic carbocycles. The van der Waals surface area contributed by atoms with Crippen LogP contribution in [0.4, 0.5) is 0 Å². The van der Waals surface area contributed by atoms with Gasteiger partial charge in [-0.25, -0.2) is 0 Å². The Morgan fingerprint density at radius 1 is 1.24 bits per heavy atom. The molecule has 1 aromatic rings. The molecule has 0 saturated carbocycles. The molecule has 0 unspecified atom stereocenters. The van der Waals surface area contributed by atoms with E-state index in [0.29, 0.717) is 12.5 Å². The van der Waals surface area contributed by atoms with Crippen molar-refractivity contribution in [2.75, 3.05) is 32.8 Å². The van der Waals surface area contributed by atoms with Crippen molar-refractivity contribution in [3.63, 3.8) is 0 Å². The molecule has 0 atom stereocenters. The lowest BCUT2D eigenvalue weighted by molar-refractivity contribution is 0.0674. The average molecular weight is 289 g/mol. The molecule has 1 aliphatic heterocycles. The molecule has 1 aliphatic rings. The van der Waals surface area contributed by atoms with Gasteiger partial charge >= 0.3 is 0 Å². The van der Waals surface area contributed by atoms with Crippen LogP contribution in [0.2, 0.25) is 0 Å². The smallest absolute Gasteiger partial charge is 0.191 e. The Morgan fingerprint density at radius 2 is 1.86 bits per heavy atom. The minimum atomic E-state index is -0.0107. The monoisotopic (exact) mass is 289 g/mol. The van der Waals surface area contributed by atoms with Crippen molar-refractivity contribution in [3.05, 3.63) is 35.4 Å². The van der Waals surface area contributed by atoms with Gasteiger partial charge in [0.2, 0.25) is 0 Å². The van der Waals surface area contributed by atoms with Crippen molar-refractivity contribution in [1.29, 1.82) is 0 Å². The summed E-state index contributed by atoms with van der Waals surface area (Å²) in [5.41, 5.74) is 8.76. The van der Waals surface area contributed by atoms with E-state index in [1.54, 1.807) is 0 Å². The largest absolute Gasteiger partial charge is 0.378 e. The minimum absolute atomic E-state index is 0.0107. The third kappa shape index (κ3) is 4.21. The number of hydrogen-bond donors (Lipinski definition) is 1. The van der Waals surface area contributed by atoms with Crippen LogP contribution in [-0.2, 0) is 16.6 Å². The number of rotatable bonds is 4. The second-order valence-electron chi connectivity index (χ2n) is 6.21. The lowest BCUT2D eigenvalue weighted by Gasteiger charge is -2.29. The van der Waals surface area contributed by atoms with Crippen molar-refractivity contribution in [3.8, 4) is 0 Å². The van der Waals surface area contributed by atoms with Crippen LogP contribution >= 0.6 is 0 Å². The van der Waals surface area contributed by atoms with Crippen molar-refractivity contribution in [2.45, 2.75) is 32.6 Å². The van der Waals surface area contributed by atoms with E-state index in [-0.39, 0.29) is 5.41 Å². The number of nitrogens with zero attached hydrogens (tertiary/aromatic N) is 2. The van der Waals surface area contributed by atoms with Gasteiger partial charge in [-0.15, -0.1) is 0 Å². The molecule has 0 bridgehead atoms. The predicted octanol–water partition coefficient (Wildman–Crippen LogP) is 2.17. The van der Waals surface area contributed by atoms with Gasteiger partial charge in [0.15, 0.2) is 5.96 Å². The fourth-order valence-electron chi connectivity index (χ4n) is 2.45. The Kier molecular flexibility index (Phi) is 5.23. The molecule has 0 aromatic heterocycles. The standard InChI is InChI=1S/C17H27N3O/c1-4-14-5-7-15(8-6-14)17(2,3)13-19-16(18)20-9-11-21-12-10-20/h5-8H,4,9-13H2,1-3H3,(H2,18,19). The average Bonchev–Trinajstić information content (AvgIpc) is 2.53. The van der Waals surface area contributed by atoms with E-state index in [0.717, 1.165) is 32.7 Å². The van der Waals surface area contributed by atoms with Crippen LogP contribution in [0.25, 0.3) is 0 Å². The van der Waals surface area contributed by atoms with Crippen molar-refractivity contribution in [2.24, 2.45) is 10.7 Å². The molecule has 4 heteroatoms. The molecule has 1 fully saturated rings. The summed E-state index contributed by atoms with van der Waals surface area (Å²) in [6.07, 6.45) is 1.07. The molecule has 116 valence electrons. The molecular weight excluding hydrogens is 262 g/mol. The quantitative estimate of drug-likeness (QED) is 0.683. The Balaban J connectivity index is 2.01. The van der Waals surface area contributed by atoms with E-state index >= 15 is 0 Å². The number of aryl methyl sites for hydroxylation is 1. The third-order valence-corrected chi connectivity index (χ3v) is 4.12. The van der Waals surface area contributed by atoms with E-state index in [1.807, 2.05) is 0 Å². The summed E-state index contributed by atoms with van der Waals surface area (Å²) in [6.45, 7) is 10.4. The Hall–Kier alpha value is -1.55. The summed E-state index contributed by atoms with van der Waals surface area (Å²) in [5.74, 6) is 0.636. The van der Waals surface area contributed by atoms with Gasteiger partial charge in [0.25, 0.3) is 0 Å². The zero-order valence-corrected chi connectivity index (χ0v) is 13.4. The number of morpholine rings is 1. The highest BCUT2D eigenvalue weighted by Crippen LogP contribution is 2.24. The van der Waals surface area contributed by atoms with Crippen LogP contribution < -0.4 is 5.73 Å². The number of benzene rings is 1. The van der Waals surface area contributed by atoms with Crippen molar-refractivity contribution in [1.82, 2.24) is 4.90 Å². The lowest BCUT2D eigenvalue weighted by Crippen LogP contribution is -2.45. The molecule has 21 heavy (non-hydrogen) atoms. The number of nitrogens with two attached hydrogens (primary N) is 1. The molecule has 0 radical (unpaired) electrons. The van der Waals surface area contributed by atoms with Crippen LogP contribution in [-0.4, -0.2) is 43.7 Å². The minimum Gasteiger partial charge on any atom is -0.378 e. The van der Waals surface area contributed by atoms with E-state index in [4.69, 9.17) is 10.5 Å². The van der Waals surface area contributed by atoms with Crippen LogP contribution in [0.5, 0.6) is 0 Å². The maximum atomic E-state index is 6.10. The molecule has 0 amide bonds. The summed E-state index contributed by atoms with van der Waals surface area (Å²) >= 11 is 0. The zero-order valence-electron chi connectivity index (χ0n) is 13.4. The Labute approximate surface area is 128 Å². The van der Waals surface area contributed by atoms with Gasteiger partial charge in [-0.2, -0.15) is 0 Å². The number of guanidine groups is 1. The highest BCUT2D eigenvalue weighted by atomic mass is 16.5. The molecule has 0 spiro atoms. The van der Waals surface area contributed by atoms with E-state index < -0.39 is 0 Å². The summed E-state index contributed by atoms with van der Waals surface area (Å²) < 4.78 is 5.33. The molecule has 2 N–H and O–H groups in total. The summed E-state index contributed by atoms with van der Waals surface area (Å²) in [5, 5.41) is 0. The number of hydrogen-bond acceptors (Lipinski definition) is 2. The normalized spacial score (nSPS) is 17.1. The SMILES string of the molecule is CCc1ccc(C(C)(C)CN=C(N)N2CCOCC2)cc1. The maximum Gasteiger partial charge on any atom is 0.191 e. The lowest BCUT2D eigenvalue weighted by atomic mass is 9.84. The van der Waals surface area contributed by atoms with Gasteiger partial charge in [0.1, 0.15) is 0 Å². The van der Waals surface area contributed by atoms with Gasteiger partial charge in [-0.1, -0.05) is 45.0 Å². The van der Waals surface area contributed by atoms with E-state index in [9.17, 15) is 0 Å².